The summed E-state index contributed by atoms with van der Waals surface area (Å²) >= 11 is 0. The average Bonchev–Trinajstić information content (AvgIpc) is 3.38. The van der Waals surface area contributed by atoms with Gasteiger partial charge >= 0.3 is 17.9 Å². The molecule has 0 aliphatic heterocycles. The molecule has 0 aliphatic rings. The first-order valence-electron chi connectivity index (χ1n) is 32.3. The molecule has 1 atom stereocenters. The fraction of sp³-hybridized carbons (Fsp3) is 0.894. The lowest BCUT2D eigenvalue weighted by molar-refractivity contribution is -0.167. The van der Waals surface area contributed by atoms with Crippen LogP contribution in [0.3, 0.4) is 0 Å². The maximum Gasteiger partial charge on any atom is 0.306 e. The number of unbranched alkanes of at least 4 members (excludes halogenated alkanes) is 45. The third-order valence-corrected chi connectivity index (χ3v) is 14.7. The van der Waals surface area contributed by atoms with Crippen LogP contribution in [-0.2, 0) is 28.6 Å². The van der Waals surface area contributed by atoms with Crippen molar-refractivity contribution in [3.05, 3.63) is 24.3 Å². The van der Waals surface area contributed by atoms with Crippen LogP contribution >= 0.6 is 0 Å². The van der Waals surface area contributed by atoms with Crippen molar-refractivity contribution in [2.45, 2.75) is 367 Å². The van der Waals surface area contributed by atoms with Crippen molar-refractivity contribution in [1.82, 2.24) is 0 Å². The molecule has 0 aromatic heterocycles. The highest BCUT2D eigenvalue weighted by Crippen LogP contribution is 2.18. The fourth-order valence-corrected chi connectivity index (χ4v) is 9.78. The van der Waals surface area contributed by atoms with E-state index in [4.69, 9.17) is 14.2 Å². The zero-order valence-electron chi connectivity index (χ0n) is 48.7. The zero-order valence-corrected chi connectivity index (χ0v) is 48.7. The van der Waals surface area contributed by atoms with Crippen molar-refractivity contribution < 1.29 is 28.6 Å². The Balaban J connectivity index is 4.05. The van der Waals surface area contributed by atoms with E-state index in [9.17, 15) is 14.4 Å². The van der Waals surface area contributed by atoms with Crippen LogP contribution in [0, 0.1) is 0 Å². The van der Waals surface area contributed by atoms with Gasteiger partial charge in [0.25, 0.3) is 0 Å². The van der Waals surface area contributed by atoms with Gasteiger partial charge in [-0.15, -0.1) is 0 Å². The van der Waals surface area contributed by atoms with Gasteiger partial charge in [0, 0.05) is 19.3 Å². The predicted molar refractivity (Wildman–Crippen MR) is 312 cm³/mol. The van der Waals surface area contributed by atoms with Crippen molar-refractivity contribution >= 4 is 17.9 Å². The molecule has 0 amide bonds. The van der Waals surface area contributed by atoms with Gasteiger partial charge in [-0.25, -0.2) is 0 Å². The first-order valence-corrected chi connectivity index (χ1v) is 32.3. The Morgan fingerprint density at radius 2 is 0.472 bits per heavy atom. The van der Waals surface area contributed by atoms with Crippen LogP contribution in [0.1, 0.15) is 361 Å². The topological polar surface area (TPSA) is 78.9 Å². The van der Waals surface area contributed by atoms with Gasteiger partial charge in [0.1, 0.15) is 13.2 Å². The molecule has 0 aromatic carbocycles. The molecular formula is C66H124O6. The first-order chi connectivity index (χ1) is 35.5. The summed E-state index contributed by atoms with van der Waals surface area (Å²) in [6, 6.07) is 0. The van der Waals surface area contributed by atoms with E-state index in [0.29, 0.717) is 19.3 Å². The maximum atomic E-state index is 12.8. The van der Waals surface area contributed by atoms with Crippen molar-refractivity contribution in [1.29, 1.82) is 0 Å². The Kier molecular flexibility index (Phi) is 59.6. The Hall–Kier alpha value is -2.11. The molecule has 424 valence electrons. The minimum atomic E-state index is -0.775. The SMILES string of the molecule is CCCC/C=C\CCCCCCCC(=O)OCC(COC(=O)CCCCCCCCCCCCCCCCCCCCCCCCCCCCCCCC)OC(=O)CCCCCCC/C=C\CCCCCC. The summed E-state index contributed by atoms with van der Waals surface area (Å²) in [4.78, 5) is 38.1. The lowest BCUT2D eigenvalue weighted by atomic mass is 10.0. The number of ether oxygens (including phenoxy) is 3. The smallest absolute Gasteiger partial charge is 0.306 e. The highest BCUT2D eigenvalue weighted by atomic mass is 16.6. The lowest BCUT2D eigenvalue weighted by Gasteiger charge is -2.18. The van der Waals surface area contributed by atoms with Gasteiger partial charge in [-0.05, 0) is 64.2 Å². The second-order valence-electron chi connectivity index (χ2n) is 22.0. The lowest BCUT2D eigenvalue weighted by Crippen LogP contribution is -2.30. The molecule has 0 spiro atoms. The minimum absolute atomic E-state index is 0.0730. The van der Waals surface area contributed by atoms with Crippen molar-refractivity contribution in [2.75, 3.05) is 13.2 Å². The van der Waals surface area contributed by atoms with Crippen LogP contribution in [-0.4, -0.2) is 37.2 Å². The van der Waals surface area contributed by atoms with E-state index < -0.39 is 6.10 Å². The normalized spacial score (nSPS) is 12.1. The highest BCUT2D eigenvalue weighted by Gasteiger charge is 2.19. The largest absolute Gasteiger partial charge is 0.462 e. The number of hydrogen-bond acceptors (Lipinski definition) is 6. The van der Waals surface area contributed by atoms with Gasteiger partial charge in [0.15, 0.2) is 6.10 Å². The van der Waals surface area contributed by atoms with Gasteiger partial charge in [-0.2, -0.15) is 0 Å². The van der Waals surface area contributed by atoms with Gasteiger partial charge < -0.3 is 14.2 Å². The molecular weight excluding hydrogens is 889 g/mol. The van der Waals surface area contributed by atoms with E-state index in [1.807, 2.05) is 0 Å². The maximum absolute atomic E-state index is 12.8. The van der Waals surface area contributed by atoms with Crippen LogP contribution in [0.15, 0.2) is 24.3 Å². The molecule has 72 heavy (non-hydrogen) atoms. The molecule has 0 aromatic rings. The summed E-state index contributed by atoms with van der Waals surface area (Å²) in [7, 11) is 0. The van der Waals surface area contributed by atoms with E-state index >= 15 is 0 Å². The second-order valence-corrected chi connectivity index (χ2v) is 22.0. The van der Waals surface area contributed by atoms with E-state index in [1.165, 1.54) is 250 Å². The molecule has 1 unspecified atom stereocenters. The fourth-order valence-electron chi connectivity index (χ4n) is 9.78. The van der Waals surface area contributed by atoms with Crippen molar-refractivity contribution in [3.8, 4) is 0 Å². The van der Waals surface area contributed by atoms with Crippen LogP contribution in [0.4, 0.5) is 0 Å². The number of esters is 3. The van der Waals surface area contributed by atoms with Gasteiger partial charge in [-0.1, -0.05) is 302 Å². The van der Waals surface area contributed by atoms with E-state index in [1.54, 1.807) is 0 Å². The predicted octanol–water partition coefficient (Wildman–Crippen LogP) is 21.8. The third-order valence-electron chi connectivity index (χ3n) is 14.7. The third kappa shape index (κ3) is 58.8. The van der Waals surface area contributed by atoms with Crippen molar-refractivity contribution in [2.24, 2.45) is 0 Å². The molecule has 0 N–H and O–H groups in total. The van der Waals surface area contributed by atoms with Gasteiger partial charge in [0.2, 0.25) is 0 Å². The minimum Gasteiger partial charge on any atom is -0.462 e. The molecule has 0 bridgehead atoms. The Morgan fingerprint density at radius 1 is 0.264 bits per heavy atom. The Morgan fingerprint density at radius 3 is 0.750 bits per heavy atom. The molecule has 0 aliphatic carbocycles. The molecule has 0 saturated carbocycles. The van der Waals surface area contributed by atoms with Crippen LogP contribution in [0.2, 0.25) is 0 Å². The Labute approximate surface area is 449 Å². The van der Waals surface area contributed by atoms with E-state index in [2.05, 4.69) is 45.1 Å². The summed E-state index contributed by atoms with van der Waals surface area (Å²) in [6.45, 7) is 6.63. The quantitative estimate of drug-likeness (QED) is 0.0261. The second kappa shape index (κ2) is 61.4. The standard InChI is InChI=1S/C66H124O6/c1-4-7-10-13-16-19-22-24-25-26-27-28-29-30-31-32-33-34-35-36-37-38-39-40-42-44-47-50-53-56-59-65(68)71-62-63(61-70-64(67)58-55-52-49-46-43-21-18-15-12-9-6-3)72-66(69)60-57-54-51-48-45-41-23-20-17-14-11-8-5-2/h15,18,20,23,63H,4-14,16-17,19,21-22,24-62H2,1-3H3/b18-15-,23-20-. The number of hydrogen-bond donors (Lipinski definition) is 0. The number of allylic oxidation sites excluding steroid dienone is 4. The van der Waals surface area contributed by atoms with Gasteiger partial charge in [0.05, 0.1) is 0 Å². The van der Waals surface area contributed by atoms with E-state index in [-0.39, 0.29) is 31.1 Å². The highest BCUT2D eigenvalue weighted by molar-refractivity contribution is 5.71. The van der Waals surface area contributed by atoms with Crippen LogP contribution in [0.25, 0.3) is 0 Å². The number of carbonyl (C=O) groups is 3. The van der Waals surface area contributed by atoms with Crippen LogP contribution in [0.5, 0.6) is 0 Å². The molecule has 0 radical (unpaired) electrons. The first kappa shape index (κ1) is 69.9. The zero-order chi connectivity index (χ0) is 52.2. The molecule has 0 saturated heterocycles. The summed E-state index contributed by atoms with van der Waals surface area (Å²) in [5.74, 6) is -0.872. The molecule has 0 fully saturated rings. The monoisotopic (exact) mass is 1010 g/mol. The average molecular weight is 1010 g/mol. The van der Waals surface area contributed by atoms with Crippen LogP contribution < -0.4 is 0 Å². The molecule has 0 rings (SSSR count). The van der Waals surface area contributed by atoms with Gasteiger partial charge in [-0.3, -0.25) is 14.4 Å². The molecule has 6 nitrogen and oxygen atoms in total. The number of carbonyl (C=O) groups excluding carboxylic acids is 3. The summed E-state index contributed by atoms with van der Waals surface area (Å²) in [5, 5.41) is 0. The van der Waals surface area contributed by atoms with Crippen molar-refractivity contribution in [3.63, 3.8) is 0 Å². The molecule has 6 heteroatoms. The summed E-state index contributed by atoms with van der Waals surface area (Å²) in [6.07, 6.45) is 73.6. The Bertz CT molecular complexity index is 1160. The number of rotatable bonds is 60. The summed E-state index contributed by atoms with van der Waals surface area (Å²) < 4.78 is 16.9. The summed E-state index contributed by atoms with van der Waals surface area (Å²) in [5.41, 5.74) is 0. The molecule has 0 heterocycles. The van der Waals surface area contributed by atoms with E-state index in [0.717, 1.165) is 70.6 Å².